The number of rotatable bonds is 0. The van der Waals surface area contributed by atoms with Crippen LogP contribution in [0.1, 0.15) is 25.0 Å². The van der Waals surface area contributed by atoms with E-state index >= 15 is 0 Å². The summed E-state index contributed by atoms with van der Waals surface area (Å²) in [5, 5.41) is 0.721. The van der Waals surface area contributed by atoms with Crippen molar-refractivity contribution in [3.63, 3.8) is 0 Å². The number of fused-ring (bicyclic) bond motifs is 2. The minimum absolute atomic E-state index is 0.476. The molecule has 3 nitrogen and oxygen atoms in total. The molecule has 0 aromatic heterocycles. The van der Waals surface area contributed by atoms with Crippen molar-refractivity contribution in [2.75, 3.05) is 13.2 Å². The van der Waals surface area contributed by atoms with Crippen LogP contribution >= 0.6 is 11.6 Å². The molecule has 0 aliphatic carbocycles. The van der Waals surface area contributed by atoms with E-state index < -0.39 is 11.4 Å². The van der Waals surface area contributed by atoms with Crippen molar-refractivity contribution >= 4 is 11.6 Å². The highest BCUT2D eigenvalue weighted by Gasteiger charge is 2.46. The summed E-state index contributed by atoms with van der Waals surface area (Å²) in [4.78, 5) is 0. The van der Waals surface area contributed by atoms with Crippen LogP contribution in [0.4, 0.5) is 0 Å². The number of halogens is 1. The smallest absolute Gasteiger partial charge is 0.163 e. The van der Waals surface area contributed by atoms with Gasteiger partial charge in [-0.1, -0.05) is 17.7 Å². The Morgan fingerprint density at radius 1 is 1.12 bits per heavy atom. The lowest BCUT2D eigenvalue weighted by Gasteiger charge is -2.41. The van der Waals surface area contributed by atoms with E-state index in [0.717, 1.165) is 10.6 Å². The quantitative estimate of drug-likeness (QED) is 0.713. The zero-order valence-electron chi connectivity index (χ0n) is 9.96. The van der Waals surface area contributed by atoms with Gasteiger partial charge in [0, 0.05) is 5.02 Å². The Hall–Kier alpha value is -0.610. The molecule has 2 aliphatic heterocycles. The molecule has 0 bridgehead atoms. The van der Waals surface area contributed by atoms with Gasteiger partial charge in [0.15, 0.2) is 5.79 Å². The lowest BCUT2D eigenvalue weighted by molar-refractivity contribution is -0.311. The van der Waals surface area contributed by atoms with Crippen molar-refractivity contribution in [3.8, 4) is 0 Å². The van der Waals surface area contributed by atoms with Crippen LogP contribution in [0.25, 0.3) is 0 Å². The molecule has 2 aliphatic rings. The van der Waals surface area contributed by atoms with Crippen LogP contribution in [0.15, 0.2) is 18.2 Å². The highest BCUT2D eigenvalue weighted by molar-refractivity contribution is 6.30. The van der Waals surface area contributed by atoms with Crippen LogP contribution in [-0.4, -0.2) is 19.0 Å². The van der Waals surface area contributed by atoms with Crippen molar-refractivity contribution < 1.29 is 14.2 Å². The van der Waals surface area contributed by atoms with Gasteiger partial charge >= 0.3 is 0 Å². The molecule has 4 heteroatoms. The molecule has 92 valence electrons. The van der Waals surface area contributed by atoms with E-state index in [0.29, 0.717) is 19.8 Å². The first-order chi connectivity index (χ1) is 8.01. The van der Waals surface area contributed by atoms with Crippen molar-refractivity contribution in [1.29, 1.82) is 0 Å². The lowest BCUT2D eigenvalue weighted by Crippen LogP contribution is -2.49. The fourth-order valence-corrected chi connectivity index (χ4v) is 2.47. The molecule has 1 saturated heterocycles. The molecule has 0 saturated carbocycles. The summed E-state index contributed by atoms with van der Waals surface area (Å²) in [6.45, 7) is 5.43. The van der Waals surface area contributed by atoms with Gasteiger partial charge in [-0.2, -0.15) is 0 Å². The van der Waals surface area contributed by atoms with E-state index in [1.807, 2.05) is 32.0 Å². The normalized spacial score (nSPS) is 24.9. The summed E-state index contributed by atoms with van der Waals surface area (Å²) in [6, 6.07) is 5.85. The van der Waals surface area contributed by atoms with Crippen LogP contribution in [0.3, 0.4) is 0 Å². The first-order valence-electron chi connectivity index (χ1n) is 5.72. The van der Waals surface area contributed by atoms with Gasteiger partial charge in [-0.25, -0.2) is 0 Å². The lowest BCUT2D eigenvalue weighted by atomic mass is 9.93. The first kappa shape index (κ1) is 11.5. The molecule has 0 atom stereocenters. The molecule has 0 amide bonds. The molecule has 1 aromatic rings. The second-order valence-electron chi connectivity index (χ2n) is 5.06. The molecular weight excluding hydrogens is 240 g/mol. The summed E-state index contributed by atoms with van der Waals surface area (Å²) < 4.78 is 17.3. The molecule has 0 radical (unpaired) electrons. The summed E-state index contributed by atoms with van der Waals surface area (Å²) in [5.74, 6) is -0.532. The average Bonchev–Trinajstić information content (AvgIpc) is 2.63. The van der Waals surface area contributed by atoms with Gasteiger partial charge in [-0.05, 0) is 37.1 Å². The van der Waals surface area contributed by atoms with E-state index in [9.17, 15) is 0 Å². The molecule has 0 unspecified atom stereocenters. The standard InChI is InChI=1S/C13H15ClO3/c1-12(2)16-7-13(8-17-12)11-5-10(14)4-3-9(11)6-15-13/h3-5H,6-8H2,1-2H3. The van der Waals surface area contributed by atoms with Gasteiger partial charge in [-0.15, -0.1) is 0 Å². The van der Waals surface area contributed by atoms with Gasteiger partial charge in [-0.3, -0.25) is 0 Å². The van der Waals surface area contributed by atoms with E-state index in [1.165, 1.54) is 5.56 Å². The summed E-state index contributed by atoms with van der Waals surface area (Å²) in [6.07, 6.45) is 0. The van der Waals surface area contributed by atoms with Crippen LogP contribution in [0.5, 0.6) is 0 Å². The van der Waals surface area contributed by atoms with Crippen molar-refractivity contribution in [3.05, 3.63) is 34.3 Å². The number of benzene rings is 1. The third kappa shape index (κ3) is 1.87. The zero-order valence-corrected chi connectivity index (χ0v) is 10.7. The van der Waals surface area contributed by atoms with Crippen LogP contribution in [0, 0.1) is 0 Å². The Kier molecular flexibility index (Phi) is 2.49. The van der Waals surface area contributed by atoms with E-state index in [-0.39, 0.29) is 0 Å². The molecular formula is C13H15ClO3. The fourth-order valence-electron chi connectivity index (χ4n) is 2.30. The molecule has 2 heterocycles. The van der Waals surface area contributed by atoms with Crippen molar-refractivity contribution in [2.24, 2.45) is 0 Å². The summed E-state index contributed by atoms with van der Waals surface area (Å²) >= 11 is 6.04. The van der Waals surface area contributed by atoms with Gasteiger partial charge in [0.05, 0.1) is 19.8 Å². The van der Waals surface area contributed by atoms with Crippen LogP contribution < -0.4 is 0 Å². The van der Waals surface area contributed by atoms with Crippen LogP contribution in [0.2, 0.25) is 5.02 Å². The Labute approximate surface area is 106 Å². The topological polar surface area (TPSA) is 27.7 Å². The molecule has 0 N–H and O–H groups in total. The Balaban J connectivity index is 1.95. The van der Waals surface area contributed by atoms with Crippen molar-refractivity contribution in [2.45, 2.75) is 31.8 Å². The minimum atomic E-state index is -0.532. The molecule has 1 fully saturated rings. The molecule has 17 heavy (non-hydrogen) atoms. The highest BCUT2D eigenvalue weighted by Crippen LogP contribution is 2.42. The monoisotopic (exact) mass is 254 g/mol. The number of hydrogen-bond acceptors (Lipinski definition) is 3. The number of hydrogen-bond donors (Lipinski definition) is 0. The minimum Gasteiger partial charge on any atom is -0.361 e. The SMILES string of the molecule is CC1(C)OCC2(CO1)OCc1ccc(Cl)cc12. The second-order valence-corrected chi connectivity index (χ2v) is 5.50. The van der Waals surface area contributed by atoms with E-state index in [2.05, 4.69) is 0 Å². The van der Waals surface area contributed by atoms with E-state index in [4.69, 9.17) is 25.8 Å². The maximum absolute atomic E-state index is 6.04. The third-order valence-electron chi connectivity index (χ3n) is 3.37. The molecule has 1 spiro atoms. The summed E-state index contributed by atoms with van der Waals surface area (Å²) in [7, 11) is 0. The summed E-state index contributed by atoms with van der Waals surface area (Å²) in [5.41, 5.74) is 1.79. The second kappa shape index (κ2) is 3.69. The largest absolute Gasteiger partial charge is 0.361 e. The van der Waals surface area contributed by atoms with Gasteiger partial charge in [0.1, 0.15) is 5.60 Å². The van der Waals surface area contributed by atoms with Gasteiger partial charge in [0.2, 0.25) is 0 Å². The Morgan fingerprint density at radius 2 is 1.82 bits per heavy atom. The molecule has 1 aromatic carbocycles. The predicted molar refractivity (Wildman–Crippen MR) is 63.9 cm³/mol. The number of ether oxygens (including phenoxy) is 3. The molecule has 3 rings (SSSR count). The highest BCUT2D eigenvalue weighted by atomic mass is 35.5. The van der Waals surface area contributed by atoms with Gasteiger partial charge in [0.25, 0.3) is 0 Å². The Morgan fingerprint density at radius 3 is 2.53 bits per heavy atom. The fraction of sp³-hybridized carbons (Fsp3) is 0.538. The van der Waals surface area contributed by atoms with Crippen LogP contribution in [-0.2, 0) is 26.4 Å². The van der Waals surface area contributed by atoms with E-state index in [1.54, 1.807) is 0 Å². The first-order valence-corrected chi connectivity index (χ1v) is 6.09. The third-order valence-corrected chi connectivity index (χ3v) is 3.61. The average molecular weight is 255 g/mol. The maximum Gasteiger partial charge on any atom is 0.163 e. The predicted octanol–water partition coefficient (Wildman–Crippen LogP) is 2.85. The zero-order chi connectivity index (χ0) is 12.1. The van der Waals surface area contributed by atoms with Gasteiger partial charge < -0.3 is 14.2 Å². The van der Waals surface area contributed by atoms with Crippen molar-refractivity contribution in [1.82, 2.24) is 0 Å². The maximum atomic E-state index is 6.04. The Bertz CT molecular complexity index is 446.